The third kappa shape index (κ3) is 3.26. The number of carbonyl (C=O) groups excluding carboxylic acids is 1. The zero-order valence-electron chi connectivity index (χ0n) is 15.6. The molecule has 2 aromatic rings. The van der Waals surface area contributed by atoms with E-state index in [4.69, 9.17) is 0 Å². The van der Waals surface area contributed by atoms with Gasteiger partial charge in [-0.15, -0.1) is 0 Å². The molecule has 3 atom stereocenters. The minimum atomic E-state index is 0.274. The van der Waals surface area contributed by atoms with Crippen LogP contribution in [0.15, 0.2) is 48.7 Å². The van der Waals surface area contributed by atoms with Gasteiger partial charge < -0.3 is 4.90 Å². The van der Waals surface area contributed by atoms with Gasteiger partial charge in [-0.05, 0) is 49.6 Å². The summed E-state index contributed by atoms with van der Waals surface area (Å²) in [6, 6.07) is 15.0. The van der Waals surface area contributed by atoms with E-state index in [2.05, 4.69) is 53.0 Å². The molecule has 2 aliphatic rings. The molecule has 0 unspecified atom stereocenters. The number of hydrogen-bond acceptors (Lipinski definition) is 3. The van der Waals surface area contributed by atoms with E-state index in [1.54, 1.807) is 6.20 Å². The summed E-state index contributed by atoms with van der Waals surface area (Å²) in [6.45, 7) is 5.06. The number of aryl methyl sites for hydroxylation is 2. The summed E-state index contributed by atoms with van der Waals surface area (Å²) in [7, 11) is 2.22. The van der Waals surface area contributed by atoms with Crippen LogP contribution >= 0.6 is 0 Å². The van der Waals surface area contributed by atoms with Crippen molar-refractivity contribution in [3.63, 3.8) is 0 Å². The standard InChI is InChI=1S/C22H27N3O/c1-16-7-3-4-9-19(16)22-20-15-25(14-17(20)13-24(22)2)21(26)11-10-18-8-5-6-12-23-18/h3-9,12,17,20,22H,10-11,13-15H2,1-2H3/t17-,20+,22+/m0/s1. The first-order chi connectivity index (χ1) is 12.6. The van der Waals surface area contributed by atoms with Crippen LogP contribution in [0.2, 0.25) is 0 Å². The van der Waals surface area contributed by atoms with E-state index in [1.807, 2.05) is 18.2 Å². The number of carbonyl (C=O) groups is 1. The molecule has 4 heteroatoms. The molecular formula is C22H27N3O. The van der Waals surface area contributed by atoms with Crippen LogP contribution in [0.25, 0.3) is 0 Å². The van der Waals surface area contributed by atoms with Crippen molar-refractivity contribution < 1.29 is 4.79 Å². The Morgan fingerprint density at radius 3 is 2.69 bits per heavy atom. The Hall–Kier alpha value is -2.20. The number of aromatic nitrogens is 1. The van der Waals surface area contributed by atoms with Crippen molar-refractivity contribution in [2.45, 2.75) is 25.8 Å². The van der Waals surface area contributed by atoms with Crippen molar-refractivity contribution in [1.82, 2.24) is 14.8 Å². The van der Waals surface area contributed by atoms with Crippen LogP contribution in [0.1, 0.15) is 29.3 Å². The van der Waals surface area contributed by atoms with Crippen molar-refractivity contribution in [3.8, 4) is 0 Å². The summed E-state index contributed by atoms with van der Waals surface area (Å²) >= 11 is 0. The van der Waals surface area contributed by atoms with Gasteiger partial charge in [-0.2, -0.15) is 0 Å². The molecule has 136 valence electrons. The SMILES string of the molecule is Cc1ccccc1[C@@H]1[C@@H]2CN(C(=O)CCc3ccccn3)C[C@@H]2CN1C. The van der Waals surface area contributed by atoms with E-state index < -0.39 is 0 Å². The van der Waals surface area contributed by atoms with Gasteiger partial charge in [-0.1, -0.05) is 30.3 Å². The van der Waals surface area contributed by atoms with Crippen LogP contribution in [-0.2, 0) is 11.2 Å². The van der Waals surface area contributed by atoms with Crippen molar-refractivity contribution >= 4 is 5.91 Å². The van der Waals surface area contributed by atoms with Crippen molar-refractivity contribution in [2.24, 2.45) is 11.8 Å². The number of likely N-dealkylation sites (tertiary alicyclic amines) is 2. The van der Waals surface area contributed by atoms with Crippen LogP contribution in [0.4, 0.5) is 0 Å². The predicted octanol–water partition coefficient (Wildman–Crippen LogP) is 3.08. The number of fused-ring (bicyclic) bond motifs is 1. The van der Waals surface area contributed by atoms with Gasteiger partial charge in [0.2, 0.25) is 5.91 Å². The average Bonchev–Trinajstić information content (AvgIpc) is 3.18. The maximum atomic E-state index is 12.7. The van der Waals surface area contributed by atoms with E-state index in [-0.39, 0.29) is 5.91 Å². The van der Waals surface area contributed by atoms with Gasteiger partial charge in [0.05, 0.1) is 0 Å². The molecular weight excluding hydrogens is 322 g/mol. The van der Waals surface area contributed by atoms with E-state index >= 15 is 0 Å². The first kappa shape index (κ1) is 17.2. The Morgan fingerprint density at radius 1 is 1.12 bits per heavy atom. The number of rotatable bonds is 4. The molecule has 0 bridgehead atoms. The summed E-state index contributed by atoms with van der Waals surface area (Å²) in [6.07, 6.45) is 3.08. The summed E-state index contributed by atoms with van der Waals surface area (Å²) in [5.74, 6) is 1.40. The largest absolute Gasteiger partial charge is 0.342 e. The Kier molecular flexibility index (Phi) is 4.77. The second kappa shape index (κ2) is 7.20. The number of amides is 1. The molecule has 2 aliphatic heterocycles. The second-order valence-corrected chi connectivity index (χ2v) is 7.78. The molecule has 0 spiro atoms. The average molecular weight is 349 g/mol. The van der Waals surface area contributed by atoms with Gasteiger partial charge in [0.25, 0.3) is 0 Å². The topological polar surface area (TPSA) is 36.4 Å². The molecule has 4 rings (SSSR count). The molecule has 0 saturated carbocycles. The Balaban J connectivity index is 1.43. The molecule has 1 aromatic heterocycles. The highest BCUT2D eigenvalue weighted by Crippen LogP contribution is 2.44. The lowest BCUT2D eigenvalue weighted by Crippen LogP contribution is -2.33. The predicted molar refractivity (Wildman–Crippen MR) is 103 cm³/mol. The van der Waals surface area contributed by atoms with Crippen LogP contribution in [-0.4, -0.2) is 47.4 Å². The van der Waals surface area contributed by atoms with E-state index in [0.717, 1.165) is 31.7 Å². The fourth-order valence-corrected chi connectivity index (χ4v) is 4.79. The smallest absolute Gasteiger partial charge is 0.222 e. The zero-order chi connectivity index (χ0) is 18.1. The summed E-state index contributed by atoms with van der Waals surface area (Å²) in [5.41, 5.74) is 3.77. The van der Waals surface area contributed by atoms with Gasteiger partial charge in [0, 0.05) is 49.9 Å². The van der Waals surface area contributed by atoms with Crippen LogP contribution in [0.3, 0.4) is 0 Å². The molecule has 3 heterocycles. The molecule has 1 amide bonds. The number of benzene rings is 1. The molecule has 2 fully saturated rings. The maximum absolute atomic E-state index is 12.7. The molecule has 0 N–H and O–H groups in total. The van der Waals surface area contributed by atoms with Gasteiger partial charge in [0.1, 0.15) is 0 Å². The third-order valence-corrected chi connectivity index (χ3v) is 6.08. The third-order valence-electron chi connectivity index (χ3n) is 6.08. The molecule has 2 saturated heterocycles. The van der Waals surface area contributed by atoms with E-state index in [1.165, 1.54) is 11.1 Å². The number of nitrogens with zero attached hydrogens (tertiary/aromatic N) is 3. The lowest BCUT2D eigenvalue weighted by Gasteiger charge is -2.28. The highest BCUT2D eigenvalue weighted by atomic mass is 16.2. The minimum Gasteiger partial charge on any atom is -0.342 e. The number of hydrogen-bond donors (Lipinski definition) is 0. The normalized spacial score (nSPS) is 25.5. The quantitative estimate of drug-likeness (QED) is 0.851. The van der Waals surface area contributed by atoms with Gasteiger partial charge in [0.15, 0.2) is 0 Å². The molecule has 4 nitrogen and oxygen atoms in total. The monoisotopic (exact) mass is 349 g/mol. The highest BCUT2D eigenvalue weighted by molar-refractivity contribution is 5.76. The molecule has 0 radical (unpaired) electrons. The highest BCUT2D eigenvalue weighted by Gasteiger charge is 2.47. The van der Waals surface area contributed by atoms with Crippen LogP contribution in [0, 0.1) is 18.8 Å². The van der Waals surface area contributed by atoms with Gasteiger partial charge >= 0.3 is 0 Å². The van der Waals surface area contributed by atoms with Crippen molar-refractivity contribution in [3.05, 3.63) is 65.5 Å². The van der Waals surface area contributed by atoms with E-state index in [9.17, 15) is 4.79 Å². The molecule has 0 aliphatic carbocycles. The van der Waals surface area contributed by atoms with Crippen LogP contribution < -0.4 is 0 Å². The summed E-state index contributed by atoms with van der Waals surface area (Å²) in [5, 5.41) is 0. The summed E-state index contributed by atoms with van der Waals surface area (Å²) < 4.78 is 0. The van der Waals surface area contributed by atoms with Crippen molar-refractivity contribution in [1.29, 1.82) is 0 Å². The molecule has 1 aromatic carbocycles. The lowest BCUT2D eigenvalue weighted by atomic mass is 9.88. The summed E-state index contributed by atoms with van der Waals surface area (Å²) in [4.78, 5) is 21.6. The Labute approximate surface area is 155 Å². The maximum Gasteiger partial charge on any atom is 0.222 e. The molecule has 26 heavy (non-hydrogen) atoms. The van der Waals surface area contributed by atoms with Crippen LogP contribution in [0.5, 0.6) is 0 Å². The first-order valence-electron chi connectivity index (χ1n) is 9.57. The fraction of sp³-hybridized carbons (Fsp3) is 0.455. The Bertz CT molecular complexity index is 776. The van der Waals surface area contributed by atoms with Crippen molar-refractivity contribution in [2.75, 3.05) is 26.7 Å². The zero-order valence-corrected chi connectivity index (χ0v) is 15.6. The first-order valence-corrected chi connectivity index (χ1v) is 9.57. The second-order valence-electron chi connectivity index (χ2n) is 7.78. The van der Waals surface area contributed by atoms with Gasteiger partial charge in [-0.25, -0.2) is 0 Å². The van der Waals surface area contributed by atoms with E-state index in [0.29, 0.717) is 24.3 Å². The lowest BCUT2D eigenvalue weighted by molar-refractivity contribution is -0.130. The van der Waals surface area contributed by atoms with Gasteiger partial charge in [-0.3, -0.25) is 14.7 Å². The Morgan fingerprint density at radius 2 is 1.92 bits per heavy atom. The minimum absolute atomic E-state index is 0.274. The number of pyridine rings is 1. The fourth-order valence-electron chi connectivity index (χ4n) is 4.79.